The van der Waals surface area contributed by atoms with Gasteiger partial charge in [0.25, 0.3) is 0 Å². The van der Waals surface area contributed by atoms with Gasteiger partial charge in [-0.3, -0.25) is 9.89 Å². The van der Waals surface area contributed by atoms with Crippen LogP contribution in [0.5, 0.6) is 11.5 Å². The molecule has 2 heterocycles. The Morgan fingerprint density at radius 1 is 1.27 bits per heavy atom. The van der Waals surface area contributed by atoms with Crippen LogP contribution in [0.1, 0.15) is 38.7 Å². The summed E-state index contributed by atoms with van der Waals surface area (Å²) in [5.74, 6) is 2.54. The SMILES string of the molecule is CN=C(NCCc1ccc2c(c1)OCO2)NCC(C)N1CCCCC1C. The Morgan fingerprint density at radius 2 is 2.12 bits per heavy atom. The highest BCUT2D eigenvalue weighted by molar-refractivity contribution is 5.79. The van der Waals surface area contributed by atoms with E-state index in [1.54, 1.807) is 0 Å². The van der Waals surface area contributed by atoms with E-state index < -0.39 is 0 Å². The summed E-state index contributed by atoms with van der Waals surface area (Å²) >= 11 is 0. The summed E-state index contributed by atoms with van der Waals surface area (Å²) in [5.41, 5.74) is 1.23. The molecule has 6 nitrogen and oxygen atoms in total. The van der Waals surface area contributed by atoms with E-state index in [9.17, 15) is 0 Å². The standard InChI is InChI=1S/C20H32N4O2/c1-15-6-4-5-11-24(15)16(2)13-23-20(21-3)22-10-9-17-7-8-18-19(12-17)26-14-25-18/h7-8,12,15-16H,4-6,9-11,13-14H2,1-3H3,(H2,21,22,23). The molecular weight excluding hydrogens is 328 g/mol. The average molecular weight is 361 g/mol. The summed E-state index contributed by atoms with van der Waals surface area (Å²) in [5, 5.41) is 6.87. The number of ether oxygens (including phenoxy) is 2. The summed E-state index contributed by atoms with van der Waals surface area (Å²) in [6, 6.07) is 7.32. The first-order valence-corrected chi connectivity index (χ1v) is 9.76. The van der Waals surface area contributed by atoms with Gasteiger partial charge in [-0.15, -0.1) is 0 Å². The van der Waals surface area contributed by atoms with Crippen molar-refractivity contribution in [1.29, 1.82) is 0 Å². The number of likely N-dealkylation sites (tertiary alicyclic amines) is 1. The molecule has 2 unspecified atom stereocenters. The zero-order valence-electron chi connectivity index (χ0n) is 16.3. The topological polar surface area (TPSA) is 58.1 Å². The number of nitrogens with one attached hydrogen (secondary N) is 2. The molecule has 0 bridgehead atoms. The van der Waals surface area contributed by atoms with E-state index in [1.165, 1.54) is 31.4 Å². The first-order valence-electron chi connectivity index (χ1n) is 9.76. The van der Waals surface area contributed by atoms with Gasteiger partial charge in [-0.05, 0) is 57.4 Å². The Bertz CT molecular complexity index is 620. The van der Waals surface area contributed by atoms with Crippen molar-refractivity contribution in [2.75, 3.05) is 33.5 Å². The first-order chi connectivity index (χ1) is 12.7. The highest BCUT2D eigenvalue weighted by atomic mass is 16.7. The lowest BCUT2D eigenvalue weighted by molar-refractivity contribution is 0.115. The van der Waals surface area contributed by atoms with Crippen LogP contribution in [-0.4, -0.2) is 56.4 Å². The van der Waals surface area contributed by atoms with E-state index in [-0.39, 0.29) is 0 Å². The first kappa shape index (κ1) is 18.8. The Labute approximate surface area is 157 Å². The second-order valence-corrected chi connectivity index (χ2v) is 7.25. The van der Waals surface area contributed by atoms with Crippen LogP contribution in [0.2, 0.25) is 0 Å². The molecule has 1 fully saturated rings. The molecule has 144 valence electrons. The Kier molecular flexibility index (Phi) is 6.61. The zero-order chi connectivity index (χ0) is 18.4. The number of hydrogen-bond donors (Lipinski definition) is 2. The van der Waals surface area contributed by atoms with Gasteiger partial charge in [-0.2, -0.15) is 0 Å². The molecule has 1 saturated heterocycles. The molecule has 0 aliphatic carbocycles. The Hall–Kier alpha value is -1.95. The summed E-state index contributed by atoms with van der Waals surface area (Å²) in [6.07, 6.45) is 4.90. The van der Waals surface area contributed by atoms with E-state index in [0.29, 0.717) is 18.9 Å². The van der Waals surface area contributed by atoms with Crippen LogP contribution in [0.4, 0.5) is 0 Å². The third kappa shape index (κ3) is 4.81. The summed E-state index contributed by atoms with van der Waals surface area (Å²) in [7, 11) is 1.82. The molecule has 2 N–H and O–H groups in total. The predicted molar refractivity (Wildman–Crippen MR) is 105 cm³/mol. The van der Waals surface area contributed by atoms with Crippen LogP contribution in [0, 0.1) is 0 Å². The number of benzene rings is 1. The van der Waals surface area contributed by atoms with Gasteiger partial charge in [0, 0.05) is 32.2 Å². The Balaban J connectivity index is 1.40. The van der Waals surface area contributed by atoms with Crippen LogP contribution in [0.3, 0.4) is 0 Å². The molecule has 0 spiro atoms. The molecule has 1 aromatic carbocycles. The fourth-order valence-electron chi connectivity index (χ4n) is 3.78. The lowest BCUT2D eigenvalue weighted by atomic mass is 10.0. The van der Waals surface area contributed by atoms with E-state index in [0.717, 1.165) is 37.0 Å². The summed E-state index contributed by atoms with van der Waals surface area (Å²) < 4.78 is 10.8. The second kappa shape index (κ2) is 9.12. The monoisotopic (exact) mass is 360 g/mol. The average Bonchev–Trinajstić information content (AvgIpc) is 3.12. The van der Waals surface area contributed by atoms with Gasteiger partial charge < -0.3 is 20.1 Å². The van der Waals surface area contributed by atoms with Crippen molar-refractivity contribution in [2.45, 2.75) is 51.6 Å². The number of rotatable bonds is 6. The fourth-order valence-corrected chi connectivity index (χ4v) is 3.78. The molecule has 3 rings (SSSR count). The van der Waals surface area contributed by atoms with E-state index in [2.05, 4.69) is 46.5 Å². The van der Waals surface area contributed by atoms with Crippen molar-refractivity contribution in [2.24, 2.45) is 4.99 Å². The van der Waals surface area contributed by atoms with Gasteiger partial charge in [-0.1, -0.05) is 12.5 Å². The van der Waals surface area contributed by atoms with Crippen molar-refractivity contribution < 1.29 is 9.47 Å². The van der Waals surface area contributed by atoms with Gasteiger partial charge >= 0.3 is 0 Å². The van der Waals surface area contributed by atoms with Crippen LogP contribution < -0.4 is 20.1 Å². The van der Waals surface area contributed by atoms with Gasteiger partial charge in [0.05, 0.1) is 0 Å². The number of aliphatic imine (C=N–C) groups is 1. The number of fused-ring (bicyclic) bond motifs is 1. The number of hydrogen-bond acceptors (Lipinski definition) is 4. The number of piperidine rings is 1. The highest BCUT2D eigenvalue weighted by Crippen LogP contribution is 2.32. The molecule has 0 aromatic heterocycles. The molecular formula is C20H32N4O2. The molecule has 2 aliphatic heterocycles. The van der Waals surface area contributed by atoms with Gasteiger partial charge in [0.1, 0.15) is 0 Å². The molecule has 1 aromatic rings. The fraction of sp³-hybridized carbons (Fsp3) is 0.650. The van der Waals surface area contributed by atoms with Crippen molar-refractivity contribution in [1.82, 2.24) is 15.5 Å². The van der Waals surface area contributed by atoms with E-state index >= 15 is 0 Å². The van der Waals surface area contributed by atoms with Gasteiger partial charge in [0.2, 0.25) is 6.79 Å². The minimum absolute atomic E-state index is 0.321. The lowest BCUT2D eigenvalue weighted by Gasteiger charge is -2.38. The Morgan fingerprint density at radius 3 is 2.92 bits per heavy atom. The number of guanidine groups is 1. The van der Waals surface area contributed by atoms with Crippen LogP contribution in [-0.2, 0) is 6.42 Å². The van der Waals surface area contributed by atoms with Crippen molar-refractivity contribution in [3.63, 3.8) is 0 Å². The number of nitrogens with zero attached hydrogens (tertiary/aromatic N) is 2. The van der Waals surface area contributed by atoms with E-state index in [1.807, 2.05) is 13.1 Å². The summed E-state index contributed by atoms with van der Waals surface area (Å²) in [6.45, 7) is 7.91. The van der Waals surface area contributed by atoms with E-state index in [4.69, 9.17) is 9.47 Å². The second-order valence-electron chi connectivity index (χ2n) is 7.25. The highest BCUT2D eigenvalue weighted by Gasteiger charge is 2.23. The molecule has 0 saturated carbocycles. The van der Waals surface area contributed by atoms with Gasteiger partial charge in [-0.25, -0.2) is 0 Å². The predicted octanol–water partition coefficient (Wildman–Crippen LogP) is 2.39. The molecule has 2 atom stereocenters. The minimum atomic E-state index is 0.321. The normalized spacial score (nSPS) is 21.5. The van der Waals surface area contributed by atoms with Crippen LogP contribution >= 0.6 is 0 Å². The third-order valence-corrected chi connectivity index (χ3v) is 5.35. The molecule has 0 amide bonds. The van der Waals surface area contributed by atoms with Crippen LogP contribution in [0.15, 0.2) is 23.2 Å². The maximum atomic E-state index is 5.44. The lowest BCUT2D eigenvalue weighted by Crippen LogP contribution is -2.50. The smallest absolute Gasteiger partial charge is 0.231 e. The maximum Gasteiger partial charge on any atom is 0.231 e. The third-order valence-electron chi connectivity index (χ3n) is 5.35. The minimum Gasteiger partial charge on any atom is -0.454 e. The van der Waals surface area contributed by atoms with Crippen LogP contribution in [0.25, 0.3) is 0 Å². The molecule has 6 heteroatoms. The van der Waals surface area contributed by atoms with Gasteiger partial charge in [0.15, 0.2) is 17.5 Å². The molecule has 2 aliphatic rings. The van der Waals surface area contributed by atoms with Crippen molar-refractivity contribution in [3.05, 3.63) is 23.8 Å². The quantitative estimate of drug-likeness (QED) is 0.603. The van der Waals surface area contributed by atoms with Crippen molar-refractivity contribution in [3.8, 4) is 11.5 Å². The zero-order valence-corrected chi connectivity index (χ0v) is 16.3. The molecule has 26 heavy (non-hydrogen) atoms. The largest absolute Gasteiger partial charge is 0.454 e. The maximum absolute atomic E-state index is 5.44. The summed E-state index contributed by atoms with van der Waals surface area (Å²) in [4.78, 5) is 6.95. The molecule has 0 radical (unpaired) electrons. The van der Waals surface area contributed by atoms with Crippen molar-refractivity contribution >= 4 is 5.96 Å².